The number of likely N-dealkylation sites (N-methyl/N-ethyl adjacent to an activating group) is 1. The summed E-state index contributed by atoms with van der Waals surface area (Å²) in [5.74, 6) is 1.18. The molecule has 1 aliphatic heterocycles. The Morgan fingerprint density at radius 3 is 3.05 bits per heavy atom. The van der Waals surface area contributed by atoms with Crippen LogP contribution in [0.1, 0.15) is 18.9 Å². The van der Waals surface area contributed by atoms with Gasteiger partial charge in [0.1, 0.15) is 5.82 Å². The maximum atomic E-state index is 5.89. The van der Waals surface area contributed by atoms with E-state index < -0.39 is 0 Å². The van der Waals surface area contributed by atoms with Gasteiger partial charge in [0.2, 0.25) is 5.95 Å². The lowest BCUT2D eigenvalue weighted by Gasteiger charge is -2.18. The first-order chi connectivity index (χ1) is 10.2. The van der Waals surface area contributed by atoms with Crippen LogP contribution in [-0.2, 0) is 6.42 Å². The Bertz CT molecular complexity index is 622. The van der Waals surface area contributed by atoms with Crippen molar-refractivity contribution in [3.05, 3.63) is 17.8 Å². The molecule has 0 spiro atoms. The molecular formula is C14H21N7. The van der Waals surface area contributed by atoms with Crippen LogP contribution >= 0.6 is 0 Å². The molecule has 0 aliphatic carbocycles. The van der Waals surface area contributed by atoms with Gasteiger partial charge >= 0.3 is 0 Å². The van der Waals surface area contributed by atoms with Crippen LogP contribution in [0.15, 0.2) is 12.3 Å². The number of nitrogens with zero attached hydrogens (tertiary/aromatic N) is 4. The first-order valence-electron chi connectivity index (χ1n) is 7.30. The second kappa shape index (κ2) is 5.69. The number of nitrogens with one attached hydrogen (secondary N) is 2. The van der Waals surface area contributed by atoms with Crippen molar-refractivity contribution in [1.82, 2.24) is 25.5 Å². The minimum Gasteiger partial charge on any atom is -0.368 e. The number of nitrogens with two attached hydrogens (primary N) is 1. The molecule has 21 heavy (non-hydrogen) atoms. The topological polar surface area (TPSA) is 95.8 Å². The van der Waals surface area contributed by atoms with Gasteiger partial charge in [0, 0.05) is 25.2 Å². The van der Waals surface area contributed by atoms with Crippen molar-refractivity contribution in [2.24, 2.45) is 0 Å². The molecule has 0 amide bonds. The summed E-state index contributed by atoms with van der Waals surface area (Å²) in [5, 5.41) is 10.4. The lowest BCUT2D eigenvalue weighted by atomic mass is 10.1. The normalized spacial score (nSPS) is 18.4. The Morgan fingerprint density at radius 2 is 2.33 bits per heavy atom. The number of hydrogen-bond acceptors (Lipinski definition) is 6. The fourth-order valence-corrected chi connectivity index (χ4v) is 2.75. The second-order valence-corrected chi connectivity index (χ2v) is 5.31. The van der Waals surface area contributed by atoms with Gasteiger partial charge in [-0.1, -0.05) is 6.92 Å². The van der Waals surface area contributed by atoms with E-state index in [-0.39, 0.29) is 0 Å². The number of anilines is 2. The molecule has 1 aliphatic rings. The molecule has 1 unspecified atom stereocenters. The van der Waals surface area contributed by atoms with E-state index in [1.807, 2.05) is 19.3 Å². The van der Waals surface area contributed by atoms with Crippen LogP contribution < -0.4 is 16.0 Å². The average Bonchev–Trinajstić information content (AvgIpc) is 3.15. The smallest absolute Gasteiger partial charge is 0.222 e. The van der Waals surface area contributed by atoms with Gasteiger partial charge in [-0.3, -0.25) is 5.10 Å². The molecule has 0 radical (unpaired) electrons. The van der Waals surface area contributed by atoms with Crippen molar-refractivity contribution in [3.8, 4) is 11.4 Å². The zero-order valence-corrected chi connectivity index (χ0v) is 12.4. The number of rotatable bonds is 4. The van der Waals surface area contributed by atoms with Crippen molar-refractivity contribution in [1.29, 1.82) is 0 Å². The van der Waals surface area contributed by atoms with Crippen LogP contribution in [0.2, 0.25) is 0 Å². The SMILES string of the molecule is CCc1cn[nH]c1-c1cc(N2CCC(NC)C2)nc(N)n1. The minimum absolute atomic E-state index is 0.298. The maximum absolute atomic E-state index is 5.89. The average molecular weight is 287 g/mol. The number of H-pyrrole nitrogens is 1. The first kappa shape index (κ1) is 13.8. The molecule has 0 bridgehead atoms. The zero-order chi connectivity index (χ0) is 14.8. The van der Waals surface area contributed by atoms with Crippen molar-refractivity contribution >= 4 is 11.8 Å². The van der Waals surface area contributed by atoms with Crippen molar-refractivity contribution in [2.75, 3.05) is 30.8 Å². The van der Waals surface area contributed by atoms with Gasteiger partial charge in [-0.05, 0) is 25.5 Å². The van der Waals surface area contributed by atoms with Crippen LogP contribution in [0.3, 0.4) is 0 Å². The van der Waals surface area contributed by atoms with Crippen molar-refractivity contribution in [3.63, 3.8) is 0 Å². The Morgan fingerprint density at radius 1 is 1.48 bits per heavy atom. The predicted molar refractivity (Wildman–Crippen MR) is 83.1 cm³/mol. The number of aromatic nitrogens is 4. The maximum Gasteiger partial charge on any atom is 0.222 e. The molecule has 1 saturated heterocycles. The molecule has 7 heteroatoms. The van der Waals surface area contributed by atoms with Crippen molar-refractivity contribution < 1.29 is 0 Å². The van der Waals surface area contributed by atoms with Gasteiger partial charge < -0.3 is 16.0 Å². The lowest BCUT2D eigenvalue weighted by Crippen LogP contribution is -2.30. The van der Waals surface area contributed by atoms with E-state index in [9.17, 15) is 0 Å². The molecule has 0 aromatic carbocycles. The lowest BCUT2D eigenvalue weighted by molar-refractivity contribution is 0.616. The highest BCUT2D eigenvalue weighted by Gasteiger charge is 2.23. The fourth-order valence-electron chi connectivity index (χ4n) is 2.75. The molecule has 3 heterocycles. The van der Waals surface area contributed by atoms with E-state index in [0.29, 0.717) is 12.0 Å². The Kier molecular flexibility index (Phi) is 3.74. The molecule has 7 nitrogen and oxygen atoms in total. The monoisotopic (exact) mass is 287 g/mol. The minimum atomic E-state index is 0.298. The van der Waals surface area contributed by atoms with E-state index in [1.54, 1.807) is 0 Å². The number of aromatic amines is 1. The molecular weight excluding hydrogens is 266 g/mol. The number of aryl methyl sites for hydroxylation is 1. The third kappa shape index (κ3) is 2.69. The van der Waals surface area contributed by atoms with Crippen LogP contribution in [-0.4, -0.2) is 46.3 Å². The van der Waals surface area contributed by atoms with Gasteiger partial charge in [0.25, 0.3) is 0 Å². The van der Waals surface area contributed by atoms with Gasteiger partial charge in [-0.25, -0.2) is 4.98 Å². The highest BCUT2D eigenvalue weighted by molar-refractivity contribution is 5.64. The molecule has 1 atom stereocenters. The van der Waals surface area contributed by atoms with Gasteiger partial charge in [-0.15, -0.1) is 0 Å². The molecule has 2 aromatic heterocycles. The van der Waals surface area contributed by atoms with Crippen LogP contribution in [0.4, 0.5) is 11.8 Å². The third-order valence-electron chi connectivity index (χ3n) is 4.01. The van der Waals surface area contributed by atoms with E-state index in [2.05, 4.69) is 37.3 Å². The van der Waals surface area contributed by atoms with E-state index in [4.69, 9.17) is 5.73 Å². The summed E-state index contributed by atoms with van der Waals surface area (Å²) in [6, 6.07) is 2.49. The van der Waals surface area contributed by atoms with Crippen LogP contribution in [0.25, 0.3) is 11.4 Å². The molecule has 0 saturated carbocycles. The molecule has 4 N–H and O–H groups in total. The quantitative estimate of drug-likeness (QED) is 0.770. The van der Waals surface area contributed by atoms with Crippen molar-refractivity contribution in [2.45, 2.75) is 25.8 Å². The van der Waals surface area contributed by atoms with E-state index in [1.165, 1.54) is 0 Å². The van der Waals surface area contributed by atoms with Gasteiger partial charge in [-0.2, -0.15) is 10.1 Å². The molecule has 3 rings (SSSR count). The summed E-state index contributed by atoms with van der Waals surface area (Å²) in [4.78, 5) is 11.0. The zero-order valence-electron chi connectivity index (χ0n) is 12.4. The Balaban J connectivity index is 1.94. The predicted octanol–water partition coefficient (Wildman–Crippen LogP) is 0.809. The van der Waals surface area contributed by atoms with Crippen LogP contribution in [0, 0.1) is 0 Å². The first-order valence-corrected chi connectivity index (χ1v) is 7.30. The Labute approximate surface area is 124 Å². The summed E-state index contributed by atoms with van der Waals surface area (Å²) < 4.78 is 0. The van der Waals surface area contributed by atoms with Crippen LogP contribution in [0.5, 0.6) is 0 Å². The third-order valence-corrected chi connectivity index (χ3v) is 4.01. The number of nitrogen functional groups attached to an aromatic ring is 1. The summed E-state index contributed by atoms with van der Waals surface area (Å²) in [6.45, 7) is 4.01. The van der Waals surface area contributed by atoms with Gasteiger partial charge in [0.15, 0.2) is 0 Å². The standard InChI is InChI=1S/C14H21N7/c1-3-9-7-17-20-13(9)11-6-12(19-14(15)18-11)21-5-4-10(8-21)16-2/h6-7,10,16H,3-5,8H2,1-2H3,(H,17,20)(H2,15,18,19). The Hall–Kier alpha value is -2.15. The van der Waals surface area contributed by atoms with E-state index in [0.717, 1.165) is 48.7 Å². The molecule has 112 valence electrons. The second-order valence-electron chi connectivity index (χ2n) is 5.31. The highest BCUT2D eigenvalue weighted by Crippen LogP contribution is 2.26. The largest absolute Gasteiger partial charge is 0.368 e. The molecule has 2 aromatic rings. The summed E-state index contributed by atoms with van der Waals surface area (Å²) in [5.41, 5.74) is 8.76. The fraction of sp³-hybridized carbons (Fsp3) is 0.500. The van der Waals surface area contributed by atoms with Gasteiger partial charge in [0.05, 0.1) is 17.6 Å². The highest BCUT2D eigenvalue weighted by atomic mass is 15.2. The molecule has 1 fully saturated rings. The summed E-state index contributed by atoms with van der Waals surface area (Å²) >= 11 is 0. The summed E-state index contributed by atoms with van der Waals surface area (Å²) in [7, 11) is 1.99. The number of hydrogen-bond donors (Lipinski definition) is 3. The summed E-state index contributed by atoms with van der Waals surface area (Å²) in [6.07, 6.45) is 3.84. The van der Waals surface area contributed by atoms with E-state index >= 15 is 0 Å².